The van der Waals surface area contributed by atoms with Crippen LogP contribution >= 0.6 is 11.6 Å². The van der Waals surface area contributed by atoms with Gasteiger partial charge in [0, 0.05) is 25.7 Å². The van der Waals surface area contributed by atoms with Crippen LogP contribution in [0.3, 0.4) is 0 Å². The summed E-state index contributed by atoms with van der Waals surface area (Å²) in [6.45, 7) is 9.30. The number of hydrogen-bond donors (Lipinski definition) is 1. The molecule has 0 spiro atoms. The van der Waals surface area contributed by atoms with Gasteiger partial charge >= 0.3 is 0 Å². The summed E-state index contributed by atoms with van der Waals surface area (Å²) in [6.07, 6.45) is 0. The minimum atomic E-state index is 0.344. The molecule has 2 rings (SSSR count). The van der Waals surface area contributed by atoms with Gasteiger partial charge in [0.15, 0.2) is 0 Å². The van der Waals surface area contributed by atoms with E-state index < -0.39 is 0 Å². The summed E-state index contributed by atoms with van der Waals surface area (Å²) in [5.41, 5.74) is 0.922. The van der Waals surface area contributed by atoms with Crippen molar-refractivity contribution in [2.45, 2.75) is 19.9 Å². The summed E-state index contributed by atoms with van der Waals surface area (Å²) < 4.78 is 11.1. The van der Waals surface area contributed by atoms with E-state index in [1.807, 2.05) is 18.2 Å². The highest BCUT2D eigenvalue weighted by Gasteiger charge is 2.11. The monoisotopic (exact) mass is 298 g/mol. The Balaban J connectivity index is 1.85. The molecule has 0 aliphatic carbocycles. The lowest BCUT2D eigenvalue weighted by atomic mass is 10.2. The van der Waals surface area contributed by atoms with Gasteiger partial charge in [0.05, 0.1) is 18.9 Å². The van der Waals surface area contributed by atoms with E-state index in [4.69, 9.17) is 21.1 Å². The summed E-state index contributed by atoms with van der Waals surface area (Å²) in [5.74, 6) is 0.741. The molecular weight excluding hydrogens is 276 g/mol. The Labute approximate surface area is 126 Å². The van der Waals surface area contributed by atoms with Crippen molar-refractivity contribution >= 4 is 17.3 Å². The molecule has 1 aliphatic heterocycles. The van der Waals surface area contributed by atoms with Crippen LogP contribution in [-0.2, 0) is 4.74 Å². The largest absolute Gasteiger partial charge is 0.491 e. The molecule has 0 atom stereocenters. The van der Waals surface area contributed by atoms with Crippen LogP contribution < -0.4 is 10.1 Å². The molecule has 1 aliphatic rings. The van der Waals surface area contributed by atoms with Crippen molar-refractivity contribution in [3.05, 3.63) is 23.2 Å². The fourth-order valence-corrected chi connectivity index (χ4v) is 2.39. The van der Waals surface area contributed by atoms with Crippen LogP contribution in [0.15, 0.2) is 18.2 Å². The summed E-state index contributed by atoms with van der Waals surface area (Å²) in [7, 11) is 0. The third-order valence-electron chi connectivity index (χ3n) is 3.18. The number of benzene rings is 1. The molecule has 4 nitrogen and oxygen atoms in total. The Hall–Kier alpha value is -0.970. The van der Waals surface area contributed by atoms with Crippen LogP contribution in [0.25, 0.3) is 0 Å². The fourth-order valence-electron chi connectivity index (χ4n) is 2.15. The Bertz CT molecular complexity index is 420. The highest BCUT2D eigenvalue weighted by Crippen LogP contribution is 2.32. The highest BCUT2D eigenvalue weighted by atomic mass is 35.5. The van der Waals surface area contributed by atoms with Gasteiger partial charge in [-0.3, -0.25) is 4.90 Å². The summed E-state index contributed by atoms with van der Waals surface area (Å²) in [5, 5.41) is 3.97. The Morgan fingerprint density at radius 1 is 1.35 bits per heavy atom. The second-order valence-electron chi connectivity index (χ2n) is 5.22. The molecule has 0 unspecified atom stereocenters. The lowest BCUT2D eigenvalue weighted by Crippen LogP contribution is -2.38. The maximum Gasteiger partial charge on any atom is 0.140 e. The lowest BCUT2D eigenvalue weighted by Gasteiger charge is -2.26. The number of rotatable bonds is 6. The normalized spacial score (nSPS) is 16.4. The van der Waals surface area contributed by atoms with Crippen molar-refractivity contribution < 1.29 is 9.47 Å². The van der Waals surface area contributed by atoms with Crippen molar-refractivity contribution in [3.8, 4) is 5.75 Å². The second-order valence-corrected chi connectivity index (χ2v) is 5.60. The molecule has 20 heavy (non-hydrogen) atoms. The Morgan fingerprint density at radius 2 is 2.10 bits per heavy atom. The van der Waals surface area contributed by atoms with Gasteiger partial charge < -0.3 is 14.8 Å². The number of halogens is 1. The summed E-state index contributed by atoms with van der Waals surface area (Å²) in [4.78, 5) is 2.34. The number of nitrogens with zero attached hydrogens (tertiary/aromatic N) is 1. The number of anilines is 1. The van der Waals surface area contributed by atoms with Gasteiger partial charge in [-0.15, -0.1) is 0 Å². The highest BCUT2D eigenvalue weighted by molar-refractivity contribution is 6.34. The molecule has 0 bridgehead atoms. The molecule has 112 valence electrons. The first-order valence-corrected chi connectivity index (χ1v) is 7.52. The van der Waals surface area contributed by atoms with Crippen molar-refractivity contribution in [3.63, 3.8) is 0 Å². The number of nitrogens with one attached hydrogen (secondary N) is 1. The van der Waals surface area contributed by atoms with Gasteiger partial charge in [-0.25, -0.2) is 0 Å². The zero-order chi connectivity index (χ0) is 14.4. The second kappa shape index (κ2) is 7.72. The van der Waals surface area contributed by atoms with Crippen molar-refractivity contribution in [2.24, 2.45) is 0 Å². The first-order valence-electron chi connectivity index (χ1n) is 7.15. The average molecular weight is 299 g/mol. The van der Waals surface area contributed by atoms with E-state index in [0.29, 0.717) is 17.7 Å². The van der Waals surface area contributed by atoms with Crippen LogP contribution in [-0.4, -0.2) is 50.4 Å². The fraction of sp³-hybridized carbons (Fsp3) is 0.600. The third-order valence-corrected chi connectivity index (χ3v) is 3.57. The molecule has 0 amide bonds. The summed E-state index contributed by atoms with van der Waals surface area (Å²) in [6, 6.07) is 6.18. The van der Waals surface area contributed by atoms with Crippen molar-refractivity contribution in [2.75, 3.05) is 44.8 Å². The smallest absolute Gasteiger partial charge is 0.140 e. The molecule has 1 aromatic carbocycles. The molecule has 0 saturated carbocycles. The molecule has 1 heterocycles. The van der Waals surface area contributed by atoms with E-state index in [9.17, 15) is 0 Å². The quantitative estimate of drug-likeness (QED) is 0.875. The SMILES string of the molecule is CC(C)Nc1cccc(OCCN2CCOCC2)c1Cl. The first kappa shape index (κ1) is 15.4. The molecule has 1 saturated heterocycles. The zero-order valence-electron chi connectivity index (χ0n) is 12.2. The average Bonchev–Trinajstić information content (AvgIpc) is 2.43. The van der Waals surface area contributed by atoms with Gasteiger partial charge in [-0.2, -0.15) is 0 Å². The van der Waals surface area contributed by atoms with E-state index >= 15 is 0 Å². The molecule has 5 heteroatoms. The van der Waals surface area contributed by atoms with Crippen molar-refractivity contribution in [1.82, 2.24) is 4.90 Å². The number of hydrogen-bond acceptors (Lipinski definition) is 4. The van der Waals surface area contributed by atoms with Crippen molar-refractivity contribution in [1.29, 1.82) is 0 Å². The molecular formula is C15H23ClN2O2. The van der Waals surface area contributed by atoms with Crippen LogP contribution in [0.5, 0.6) is 5.75 Å². The minimum Gasteiger partial charge on any atom is -0.491 e. The van der Waals surface area contributed by atoms with Gasteiger partial charge in [0.25, 0.3) is 0 Å². The molecule has 1 aromatic rings. The lowest BCUT2D eigenvalue weighted by molar-refractivity contribution is 0.0322. The maximum absolute atomic E-state index is 6.35. The van der Waals surface area contributed by atoms with Gasteiger partial charge in [0.1, 0.15) is 17.4 Å². The third kappa shape index (κ3) is 4.54. The van der Waals surface area contributed by atoms with Gasteiger partial charge in [-0.1, -0.05) is 17.7 Å². The Morgan fingerprint density at radius 3 is 2.80 bits per heavy atom. The standard InChI is InChI=1S/C15H23ClN2O2/c1-12(2)17-13-4-3-5-14(15(13)16)20-11-8-18-6-9-19-10-7-18/h3-5,12,17H,6-11H2,1-2H3. The van der Waals surface area contributed by atoms with Gasteiger partial charge in [0.2, 0.25) is 0 Å². The maximum atomic E-state index is 6.35. The molecule has 0 radical (unpaired) electrons. The van der Waals surface area contributed by atoms with Crippen LogP contribution in [0.4, 0.5) is 5.69 Å². The zero-order valence-corrected chi connectivity index (χ0v) is 12.9. The van der Waals surface area contributed by atoms with Gasteiger partial charge in [-0.05, 0) is 26.0 Å². The van der Waals surface area contributed by atoms with Crippen LogP contribution in [0.1, 0.15) is 13.8 Å². The van der Waals surface area contributed by atoms with E-state index in [0.717, 1.165) is 44.3 Å². The molecule has 1 fully saturated rings. The molecule has 0 aromatic heterocycles. The summed E-state index contributed by atoms with van der Waals surface area (Å²) >= 11 is 6.35. The topological polar surface area (TPSA) is 33.7 Å². The van der Waals surface area contributed by atoms with E-state index in [1.54, 1.807) is 0 Å². The van der Waals surface area contributed by atoms with Crippen LogP contribution in [0, 0.1) is 0 Å². The minimum absolute atomic E-state index is 0.344. The predicted molar refractivity (Wildman–Crippen MR) is 83.0 cm³/mol. The van der Waals surface area contributed by atoms with E-state index in [-0.39, 0.29) is 0 Å². The van der Waals surface area contributed by atoms with E-state index in [2.05, 4.69) is 24.1 Å². The van der Waals surface area contributed by atoms with Crippen LogP contribution in [0.2, 0.25) is 5.02 Å². The molecule has 1 N–H and O–H groups in total. The number of morpholine rings is 1. The van der Waals surface area contributed by atoms with E-state index in [1.165, 1.54) is 0 Å². The first-order chi connectivity index (χ1) is 9.66. The predicted octanol–water partition coefficient (Wildman–Crippen LogP) is 2.87. The Kier molecular flexibility index (Phi) is 5.95. The number of ether oxygens (including phenoxy) is 2.